The van der Waals surface area contributed by atoms with E-state index < -0.39 is 17.8 Å². The molecule has 0 spiro atoms. The maximum atomic E-state index is 13.8. The van der Waals surface area contributed by atoms with E-state index in [1.807, 2.05) is 7.05 Å². The summed E-state index contributed by atoms with van der Waals surface area (Å²) in [5.74, 6) is -1.07. The number of rotatable bonds is 7. The summed E-state index contributed by atoms with van der Waals surface area (Å²) in [5, 5.41) is 22.0. The average Bonchev–Trinajstić information content (AvgIpc) is 3.35. The number of carbonyl (C=O) groups is 1. The van der Waals surface area contributed by atoms with Crippen molar-refractivity contribution in [1.29, 1.82) is 5.26 Å². The number of benzene rings is 2. The molecule has 3 aliphatic rings. The highest BCUT2D eigenvalue weighted by Crippen LogP contribution is 2.36. The fourth-order valence-corrected chi connectivity index (χ4v) is 6.86. The number of amides is 1. The molecule has 2 saturated heterocycles. The van der Waals surface area contributed by atoms with E-state index in [2.05, 4.69) is 70.7 Å². The summed E-state index contributed by atoms with van der Waals surface area (Å²) < 4.78 is 20.0. The highest BCUT2D eigenvalue weighted by Gasteiger charge is 2.35. The molecule has 1 aromatic heterocycles. The van der Waals surface area contributed by atoms with Gasteiger partial charge in [-0.25, -0.2) is 4.39 Å². The van der Waals surface area contributed by atoms with E-state index in [1.165, 1.54) is 21.2 Å². The van der Waals surface area contributed by atoms with E-state index in [0.717, 1.165) is 29.3 Å². The number of nitriles is 1. The number of nitrogens with zero attached hydrogens (tertiary/aromatic N) is 7. The first-order valence-corrected chi connectivity index (χ1v) is 15.1. The molecule has 3 atom stereocenters. The second kappa shape index (κ2) is 12.4. The number of fused-ring (bicyclic) bond motifs is 2. The average molecular weight is 600 g/mol. The fraction of sp³-hybridized carbons (Fsp3) is 0.455. The number of aliphatic hydroxyl groups excluding tert-OH is 1. The van der Waals surface area contributed by atoms with Gasteiger partial charge in [-0.05, 0) is 43.8 Å². The first-order valence-electron chi connectivity index (χ1n) is 15.1. The number of β-amino-alcohol motifs (C(OH)–C–C–N with tert-alkyl or cyclic N) is 1. The molecule has 6 rings (SSSR count). The van der Waals surface area contributed by atoms with Gasteiger partial charge in [0.2, 0.25) is 0 Å². The first-order chi connectivity index (χ1) is 21.2. The maximum Gasteiger partial charge on any atom is 0.318 e. The zero-order chi connectivity index (χ0) is 31.0. The molecule has 2 fully saturated rings. The molecule has 1 N–H and O–H groups in total. The second-order valence-corrected chi connectivity index (χ2v) is 12.0. The summed E-state index contributed by atoms with van der Waals surface area (Å²) in [7, 11) is 1.97. The Bertz CT molecular complexity index is 1620. The highest BCUT2D eigenvalue weighted by atomic mass is 19.1. The quantitative estimate of drug-likeness (QED) is 0.409. The van der Waals surface area contributed by atoms with Gasteiger partial charge in [-0.3, -0.25) is 9.69 Å². The Morgan fingerprint density at radius 3 is 2.66 bits per heavy atom. The summed E-state index contributed by atoms with van der Waals surface area (Å²) >= 11 is 0. The van der Waals surface area contributed by atoms with Crippen LogP contribution in [0.1, 0.15) is 29.7 Å². The van der Waals surface area contributed by atoms with E-state index in [9.17, 15) is 19.6 Å². The third kappa shape index (κ3) is 5.79. The van der Waals surface area contributed by atoms with Crippen LogP contribution < -0.4 is 14.5 Å². The molecule has 1 unspecified atom stereocenters. The van der Waals surface area contributed by atoms with Crippen molar-refractivity contribution in [2.24, 2.45) is 0 Å². The summed E-state index contributed by atoms with van der Waals surface area (Å²) in [5.41, 5.74) is 4.26. The third-order valence-electron chi connectivity index (χ3n) is 9.13. The van der Waals surface area contributed by atoms with Crippen LogP contribution in [-0.2, 0) is 17.8 Å². The number of likely N-dealkylation sites (N-methyl/N-ethyl adjacent to an activating group) is 1. The SMILES string of the molecule is C=C(F)C(=O)N1CCN(c2nc(OC[C@@H]3CC(O)CN3C)nc3c2CCN(c2cccc4cccc(C)c24)C3)C[C@@H]1CC#N. The van der Waals surface area contributed by atoms with Crippen molar-refractivity contribution in [3.63, 3.8) is 0 Å². The maximum absolute atomic E-state index is 13.8. The Kier molecular flexibility index (Phi) is 8.38. The summed E-state index contributed by atoms with van der Waals surface area (Å²) in [6.07, 6.45) is 1.00. The number of ether oxygens (including phenoxy) is 1. The Morgan fingerprint density at radius 2 is 1.93 bits per heavy atom. The van der Waals surface area contributed by atoms with E-state index in [1.54, 1.807) is 0 Å². The number of hydrogen-bond acceptors (Lipinski definition) is 9. The second-order valence-electron chi connectivity index (χ2n) is 12.0. The van der Waals surface area contributed by atoms with Crippen LogP contribution in [-0.4, -0.2) is 95.3 Å². The molecule has 11 heteroatoms. The van der Waals surface area contributed by atoms with E-state index in [0.29, 0.717) is 45.6 Å². The van der Waals surface area contributed by atoms with Crippen molar-refractivity contribution >= 4 is 28.2 Å². The number of carbonyl (C=O) groups excluding carboxylic acids is 1. The summed E-state index contributed by atoms with van der Waals surface area (Å²) in [6, 6.07) is 14.7. The van der Waals surface area contributed by atoms with Crippen molar-refractivity contribution in [2.75, 3.05) is 56.2 Å². The molecule has 1 amide bonds. The number of piperazine rings is 1. The van der Waals surface area contributed by atoms with Crippen LogP contribution in [0.4, 0.5) is 15.9 Å². The van der Waals surface area contributed by atoms with Gasteiger partial charge in [-0.15, -0.1) is 0 Å². The number of likely N-dealkylation sites (tertiary alicyclic amines) is 1. The molecule has 44 heavy (non-hydrogen) atoms. The Balaban J connectivity index is 1.34. The number of halogens is 1. The lowest BCUT2D eigenvalue weighted by atomic mass is 9.99. The van der Waals surface area contributed by atoms with Crippen LogP contribution in [0.3, 0.4) is 0 Å². The molecule has 2 aromatic carbocycles. The van der Waals surface area contributed by atoms with E-state index in [-0.39, 0.29) is 31.1 Å². The zero-order valence-electron chi connectivity index (χ0n) is 25.2. The van der Waals surface area contributed by atoms with E-state index >= 15 is 0 Å². The van der Waals surface area contributed by atoms with Crippen LogP contribution in [0, 0.1) is 18.3 Å². The minimum Gasteiger partial charge on any atom is -0.462 e. The van der Waals surface area contributed by atoms with Crippen molar-refractivity contribution in [1.82, 2.24) is 19.8 Å². The lowest BCUT2D eigenvalue weighted by Crippen LogP contribution is -2.55. The smallest absolute Gasteiger partial charge is 0.318 e. The van der Waals surface area contributed by atoms with Crippen LogP contribution in [0.2, 0.25) is 0 Å². The molecule has 0 radical (unpaired) electrons. The van der Waals surface area contributed by atoms with Gasteiger partial charge in [0.1, 0.15) is 12.4 Å². The molecule has 3 aromatic rings. The minimum atomic E-state index is -1.03. The van der Waals surface area contributed by atoms with Gasteiger partial charge < -0.3 is 24.5 Å². The van der Waals surface area contributed by atoms with Crippen LogP contribution >= 0.6 is 0 Å². The normalized spacial score (nSPS) is 22.2. The number of aromatic nitrogens is 2. The van der Waals surface area contributed by atoms with Crippen LogP contribution in [0.15, 0.2) is 48.8 Å². The molecule has 0 bridgehead atoms. The van der Waals surface area contributed by atoms with Crippen molar-refractivity contribution in [3.8, 4) is 12.1 Å². The predicted octanol–water partition coefficient (Wildman–Crippen LogP) is 3.36. The number of anilines is 2. The Morgan fingerprint density at radius 1 is 1.14 bits per heavy atom. The van der Waals surface area contributed by atoms with Crippen molar-refractivity contribution < 1.29 is 19.0 Å². The lowest BCUT2D eigenvalue weighted by Gasteiger charge is -2.42. The van der Waals surface area contributed by atoms with E-state index in [4.69, 9.17) is 14.7 Å². The topological polar surface area (TPSA) is 109 Å². The van der Waals surface area contributed by atoms with Crippen molar-refractivity contribution in [2.45, 2.75) is 50.9 Å². The van der Waals surface area contributed by atoms with Crippen LogP contribution in [0.5, 0.6) is 6.01 Å². The fourth-order valence-electron chi connectivity index (χ4n) is 6.86. The van der Waals surface area contributed by atoms with Gasteiger partial charge in [0.25, 0.3) is 5.91 Å². The Hall–Kier alpha value is -4.27. The highest BCUT2D eigenvalue weighted by molar-refractivity contribution is 5.97. The van der Waals surface area contributed by atoms with Gasteiger partial charge in [0.15, 0.2) is 5.83 Å². The monoisotopic (exact) mass is 599 g/mol. The lowest BCUT2D eigenvalue weighted by molar-refractivity contribution is -0.131. The third-order valence-corrected chi connectivity index (χ3v) is 9.13. The largest absolute Gasteiger partial charge is 0.462 e. The summed E-state index contributed by atoms with van der Waals surface area (Å²) in [6.45, 7) is 8.58. The Labute approximate surface area is 257 Å². The molecule has 3 aliphatic heterocycles. The molecular formula is C33H38FN7O3. The standard InChI is InChI=1S/C33H38FN7O3/c1-21-6-4-7-23-8-5-9-29(30(21)23)39-13-11-27-28(19-39)36-33(44-20-25-16-26(42)18-38(25)3)37-31(27)40-14-15-41(32(43)22(2)34)24(17-40)10-12-35/h4-9,24-26,42H,2,10-11,13-20H2,1,3H3/t24-,25-,26?/m0/s1. The van der Waals surface area contributed by atoms with Gasteiger partial charge in [0.05, 0.1) is 36.9 Å². The first kappa shape index (κ1) is 29.8. The minimum absolute atomic E-state index is 0.0478. The predicted molar refractivity (Wildman–Crippen MR) is 166 cm³/mol. The molecule has 10 nitrogen and oxygen atoms in total. The van der Waals surface area contributed by atoms with Gasteiger partial charge >= 0.3 is 6.01 Å². The molecule has 230 valence electrons. The molecule has 0 aliphatic carbocycles. The van der Waals surface area contributed by atoms with Crippen LogP contribution in [0.25, 0.3) is 10.8 Å². The van der Waals surface area contributed by atoms with Gasteiger partial charge in [-0.1, -0.05) is 36.9 Å². The zero-order valence-corrected chi connectivity index (χ0v) is 25.2. The van der Waals surface area contributed by atoms with Gasteiger partial charge in [0, 0.05) is 55.4 Å². The molecule has 0 saturated carbocycles. The molecule has 4 heterocycles. The van der Waals surface area contributed by atoms with Gasteiger partial charge in [-0.2, -0.15) is 15.2 Å². The van der Waals surface area contributed by atoms with Crippen molar-refractivity contribution in [3.05, 3.63) is 65.6 Å². The number of aryl methyl sites for hydroxylation is 1. The summed E-state index contributed by atoms with van der Waals surface area (Å²) in [4.78, 5) is 30.2. The number of hydrogen-bond donors (Lipinski definition) is 1. The molecular weight excluding hydrogens is 561 g/mol. The number of aliphatic hydroxyl groups is 1.